The molecule has 0 bridgehead atoms. The van der Waals surface area contributed by atoms with E-state index in [2.05, 4.69) is 31.8 Å². The molecule has 0 spiro atoms. The van der Waals surface area contributed by atoms with Crippen molar-refractivity contribution in [1.29, 1.82) is 0 Å². The molecule has 2 aromatic heterocycles. The Morgan fingerprint density at radius 2 is 2.00 bits per heavy atom. The molecule has 33 heavy (non-hydrogen) atoms. The fraction of sp³-hybridized carbons (Fsp3) is 0.400. The number of hydrogen-bond acceptors (Lipinski definition) is 7. The van der Waals surface area contributed by atoms with Crippen molar-refractivity contribution >= 4 is 35.4 Å². The zero-order chi connectivity index (χ0) is 22.6. The van der Waals surface area contributed by atoms with Crippen molar-refractivity contribution in [2.45, 2.75) is 24.7 Å². The normalized spacial score (nSPS) is 17.4. The molecule has 0 unspecified atom stereocenters. The molecule has 0 saturated carbocycles. The summed E-state index contributed by atoms with van der Waals surface area (Å²) in [5.41, 5.74) is 3.64. The lowest BCUT2D eigenvalue weighted by Gasteiger charge is -2.29. The summed E-state index contributed by atoms with van der Waals surface area (Å²) in [6, 6.07) is 6.03. The summed E-state index contributed by atoms with van der Waals surface area (Å²) in [4.78, 5) is 15.2. The van der Waals surface area contributed by atoms with E-state index >= 15 is 0 Å². The highest BCUT2D eigenvalue weighted by Crippen LogP contribution is 2.32. The Kier molecular flexibility index (Phi) is 6.63. The third-order valence-electron chi connectivity index (χ3n) is 6.07. The molecular weight excluding hydrogens is 432 g/mol. The van der Waals surface area contributed by atoms with Crippen LogP contribution < -0.4 is 4.90 Å². The first-order valence-corrected chi connectivity index (χ1v) is 11.9. The molecule has 3 aromatic rings. The minimum absolute atomic E-state index is 0.658. The van der Waals surface area contributed by atoms with Gasteiger partial charge in [0.1, 0.15) is 5.82 Å². The van der Waals surface area contributed by atoms with E-state index in [1.165, 1.54) is 12.8 Å². The Hall–Kier alpha value is -2.86. The number of nitrogens with one attached hydrogen (secondary N) is 1. The van der Waals surface area contributed by atoms with E-state index < -0.39 is 0 Å². The van der Waals surface area contributed by atoms with Crippen molar-refractivity contribution in [2.24, 2.45) is 0 Å². The summed E-state index contributed by atoms with van der Waals surface area (Å²) >= 11 is 4.85. The average molecular weight is 461 g/mol. The Labute approximate surface area is 199 Å². The molecule has 5 rings (SSSR count). The summed E-state index contributed by atoms with van der Waals surface area (Å²) in [5.74, 6) is 8.09. The number of allylic oxidation sites excluding steroid dienone is 1. The van der Waals surface area contributed by atoms with Crippen LogP contribution in [0.2, 0.25) is 0 Å². The first kappa shape index (κ1) is 22.0. The van der Waals surface area contributed by atoms with Gasteiger partial charge in [0, 0.05) is 29.6 Å². The summed E-state index contributed by atoms with van der Waals surface area (Å²) in [5, 5.41) is 8.22. The molecule has 2 saturated heterocycles. The van der Waals surface area contributed by atoms with Gasteiger partial charge in [0.25, 0.3) is 0 Å². The van der Waals surface area contributed by atoms with E-state index in [4.69, 9.17) is 27.3 Å². The summed E-state index contributed by atoms with van der Waals surface area (Å²) in [6.07, 6.45) is 6.39. The molecule has 2 aliphatic heterocycles. The second kappa shape index (κ2) is 9.96. The Morgan fingerprint density at radius 1 is 1.18 bits per heavy atom. The molecule has 2 fully saturated rings. The zero-order valence-electron chi connectivity index (χ0n) is 18.8. The lowest BCUT2D eigenvalue weighted by atomic mass is 10.1. The summed E-state index contributed by atoms with van der Waals surface area (Å²) in [6.45, 7) is 8.04. The van der Waals surface area contributed by atoms with Gasteiger partial charge < -0.3 is 9.64 Å². The zero-order valence-corrected chi connectivity index (χ0v) is 19.7. The van der Waals surface area contributed by atoms with Gasteiger partial charge in [-0.15, -0.1) is 12.6 Å². The maximum absolute atomic E-state index is 5.55. The molecule has 2 aliphatic rings. The maximum atomic E-state index is 5.55. The first-order chi connectivity index (χ1) is 16.2. The fourth-order valence-corrected chi connectivity index (χ4v) is 4.62. The third kappa shape index (κ3) is 4.91. The second-order valence-electron chi connectivity index (χ2n) is 8.45. The van der Waals surface area contributed by atoms with E-state index in [-0.39, 0.29) is 0 Å². The highest BCUT2D eigenvalue weighted by atomic mass is 32.1. The van der Waals surface area contributed by atoms with E-state index in [1.54, 1.807) is 0 Å². The number of morpholine rings is 1. The number of H-pyrrole nitrogens is 1. The quantitative estimate of drug-likeness (QED) is 0.458. The Bertz CT molecular complexity index is 1230. The van der Waals surface area contributed by atoms with Crippen molar-refractivity contribution in [1.82, 2.24) is 25.1 Å². The SMILES string of the molecule is C/C(C#CCN1CCCC1)=C\c1nc(-c2cccc3[nH]ncc23)nc(N2CCOCC2)c1S. The van der Waals surface area contributed by atoms with E-state index in [0.717, 1.165) is 71.2 Å². The number of rotatable bonds is 4. The standard InChI is InChI=1S/C25H28N6OS/c1-18(6-5-11-30-9-2-3-10-30)16-22-23(33)25(31-12-14-32-15-13-31)28-24(27-22)19-7-4-8-21-20(19)17-26-29-21/h4,7-8,16-17,33H,2-3,9-15H2,1H3,(H,26,29)/b18-16+. The second-order valence-corrected chi connectivity index (χ2v) is 8.90. The molecule has 1 aromatic carbocycles. The van der Waals surface area contributed by atoms with Crippen LogP contribution in [0.25, 0.3) is 28.4 Å². The number of benzene rings is 1. The van der Waals surface area contributed by atoms with Gasteiger partial charge in [-0.05, 0) is 45.0 Å². The molecule has 7 nitrogen and oxygen atoms in total. The van der Waals surface area contributed by atoms with Crippen molar-refractivity contribution in [2.75, 3.05) is 50.8 Å². The van der Waals surface area contributed by atoms with Crippen molar-refractivity contribution in [3.8, 4) is 23.2 Å². The lowest BCUT2D eigenvalue weighted by Crippen LogP contribution is -2.37. The molecule has 4 heterocycles. The van der Waals surface area contributed by atoms with Crippen LogP contribution in [0, 0.1) is 11.8 Å². The van der Waals surface area contributed by atoms with E-state index in [0.29, 0.717) is 19.0 Å². The van der Waals surface area contributed by atoms with Crippen LogP contribution >= 0.6 is 12.6 Å². The van der Waals surface area contributed by atoms with Crippen LogP contribution in [0.1, 0.15) is 25.5 Å². The molecule has 170 valence electrons. The number of likely N-dealkylation sites (tertiary alicyclic amines) is 1. The van der Waals surface area contributed by atoms with Gasteiger partial charge in [0.15, 0.2) is 5.82 Å². The number of nitrogens with zero attached hydrogens (tertiary/aromatic N) is 5. The highest BCUT2D eigenvalue weighted by molar-refractivity contribution is 7.80. The molecular formula is C25H28N6OS. The van der Waals surface area contributed by atoms with Gasteiger partial charge >= 0.3 is 0 Å². The maximum Gasteiger partial charge on any atom is 0.162 e. The average Bonchev–Trinajstić information content (AvgIpc) is 3.53. The van der Waals surface area contributed by atoms with Gasteiger partial charge in [-0.1, -0.05) is 24.0 Å². The van der Waals surface area contributed by atoms with Crippen molar-refractivity contribution in [3.05, 3.63) is 35.7 Å². The van der Waals surface area contributed by atoms with Gasteiger partial charge in [0.2, 0.25) is 0 Å². The summed E-state index contributed by atoms with van der Waals surface area (Å²) < 4.78 is 5.55. The summed E-state index contributed by atoms with van der Waals surface area (Å²) in [7, 11) is 0. The minimum Gasteiger partial charge on any atom is -0.378 e. The van der Waals surface area contributed by atoms with Crippen LogP contribution in [0.5, 0.6) is 0 Å². The number of hydrogen-bond donors (Lipinski definition) is 2. The van der Waals surface area contributed by atoms with Crippen molar-refractivity contribution < 1.29 is 4.74 Å². The monoisotopic (exact) mass is 460 g/mol. The first-order valence-electron chi connectivity index (χ1n) is 11.4. The number of anilines is 1. The van der Waals surface area contributed by atoms with Gasteiger partial charge in [0.05, 0.1) is 42.1 Å². The third-order valence-corrected chi connectivity index (χ3v) is 6.50. The van der Waals surface area contributed by atoms with E-state index in [9.17, 15) is 0 Å². The largest absolute Gasteiger partial charge is 0.378 e. The van der Waals surface area contributed by atoms with Gasteiger partial charge in [-0.3, -0.25) is 10.00 Å². The van der Waals surface area contributed by atoms with Gasteiger partial charge in [-0.25, -0.2) is 9.97 Å². The van der Waals surface area contributed by atoms with Crippen LogP contribution in [-0.4, -0.2) is 71.0 Å². The predicted octanol–water partition coefficient (Wildman–Crippen LogP) is 3.65. The number of ether oxygens (including phenoxy) is 1. The predicted molar refractivity (Wildman–Crippen MR) is 135 cm³/mol. The lowest BCUT2D eigenvalue weighted by molar-refractivity contribution is 0.122. The van der Waals surface area contributed by atoms with Crippen molar-refractivity contribution in [3.63, 3.8) is 0 Å². The molecule has 8 heteroatoms. The minimum atomic E-state index is 0.658. The molecule has 0 amide bonds. The number of thiol groups is 1. The van der Waals surface area contributed by atoms with Crippen LogP contribution in [0.15, 0.2) is 34.9 Å². The Balaban J connectivity index is 1.54. The molecule has 0 atom stereocenters. The topological polar surface area (TPSA) is 70.2 Å². The highest BCUT2D eigenvalue weighted by Gasteiger charge is 2.20. The van der Waals surface area contributed by atoms with Crippen LogP contribution in [0.4, 0.5) is 5.82 Å². The van der Waals surface area contributed by atoms with Crippen LogP contribution in [0.3, 0.4) is 0 Å². The smallest absolute Gasteiger partial charge is 0.162 e. The Morgan fingerprint density at radius 3 is 2.82 bits per heavy atom. The molecule has 0 aliphatic carbocycles. The molecule has 0 radical (unpaired) electrons. The fourth-order valence-electron chi connectivity index (χ4n) is 4.31. The van der Waals surface area contributed by atoms with Crippen LogP contribution in [-0.2, 0) is 4.74 Å². The molecule has 1 N–H and O–H groups in total. The van der Waals surface area contributed by atoms with Gasteiger partial charge in [-0.2, -0.15) is 5.10 Å². The number of fused-ring (bicyclic) bond motifs is 1. The number of aromatic amines is 1. The number of aromatic nitrogens is 4. The van der Waals surface area contributed by atoms with E-state index in [1.807, 2.05) is 37.4 Å².